The third kappa shape index (κ3) is 2.57. The van der Waals surface area contributed by atoms with E-state index in [1.165, 1.54) is 16.8 Å². The van der Waals surface area contributed by atoms with E-state index in [1.54, 1.807) is 32.0 Å². The molecule has 2 aromatic carbocycles. The Kier molecular flexibility index (Phi) is 3.99. The van der Waals surface area contributed by atoms with Crippen molar-refractivity contribution in [3.05, 3.63) is 75.7 Å². The summed E-state index contributed by atoms with van der Waals surface area (Å²) in [4.78, 5) is 12.3. The van der Waals surface area contributed by atoms with Gasteiger partial charge in [-0.2, -0.15) is 0 Å². The van der Waals surface area contributed by atoms with Gasteiger partial charge >= 0.3 is 0 Å². The Labute approximate surface area is 156 Å². The Morgan fingerprint density at radius 3 is 2.46 bits per heavy atom. The van der Waals surface area contributed by atoms with E-state index in [2.05, 4.69) is 5.16 Å². The molecule has 0 bridgehead atoms. The van der Waals surface area contributed by atoms with E-state index in [0.717, 1.165) is 11.6 Å². The summed E-state index contributed by atoms with van der Waals surface area (Å²) in [5.74, 6) is -3.96. The predicted molar refractivity (Wildman–Crippen MR) is 98.8 cm³/mol. The molecule has 142 valence electrons. The number of nitrogens with zero attached hydrogens (tertiary/aromatic N) is 2. The third-order valence-corrected chi connectivity index (χ3v) is 4.64. The summed E-state index contributed by atoms with van der Waals surface area (Å²) in [5.41, 5.74) is 6.68. The van der Waals surface area contributed by atoms with Gasteiger partial charge < -0.3 is 14.8 Å². The van der Waals surface area contributed by atoms with Crippen LogP contribution in [0.4, 0.5) is 18.9 Å². The molecule has 0 radical (unpaired) electrons. The summed E-state index contributed by atoms with van der Waals surface area (Å²) < 4.78 is 48.4. The summed E-state index contributed by atoms with van der Waals surface area (Å²) in [6.45, 7) is 3.51. The molecule has 0 spiro atoms. The summed E-state index contributed by atoms with van der Waals surface area (Å²) in [6, 6.07) is 7.14. The summed E-state index contributed by atoms with van der Waals surface area (Å²) in [5, 5.41) is 4.18. The van der Waals surface area contributed by atoms with Crippen LogP contribution in [0, 0.1) is 31.3 Å². The average Bonchev–Trinajstić information content (AvgIpc) is 3.01. The topological polar surface area (TPSA) is 74.0 Å². The molecule has 8 heteroatoms. The van der Waals surface area contributed by atoms with Crippen LogP contribution in [0.2, 0.25) is 0 Å². The Balaban J connectivity index is 2.07. The average molecular weight is 385 g/mol. The molecule has 0 aliphatic carbocycles. The number of hydrogen-bond acceptors (Lipinski definition) is 4. The third-order valence-electron chi connectivity index (χ3n) is 4.64. The highest BCUT2D eigenvalue weighted by Gasteiger charge is 2.20. The van der Waals surface area contributed by atoms with Gasteiger partial charge in [0.05, 0.1) is 22.6 Å². The van der Waals surface area contributed by atoms with Crippen LogP contribution < -0.4 is 11.2 Å². The maximum Gasteiger partial charge on any atom is 0.198 e. The lowest BCUT2D eigenvalue weighted by molar-refractivity contribution is 0.393. The molecule has 2 aromatic heterocycles. The molecule has 0 unspecified atom stereocenters. The van der Waals surface area contributed by atoms with Gasteiger partial charge in [0.1, 0.15) is 5.76 Å². The van der Waals surface area contributed by atoms with E-state index >= 15 is 0 Å². The number of nitrogen functional groups attached to an aromatic ring is 1. The van der Waals surface area contributed by atoms with Crippen molar-refractivity contribution in [3.63, 3.8) is 0 Å². The maximum absolute atomic E-state index is 14.5. The largest absolute Gasteiger partial charge is 0.396 e. The van der Waals surface area contributed by atoms with E-state index in [0.29, 0.717) is 22.5 Å². The van der Waals surface area contributed by atoms with Crippen molar-refractivity contribution in [3.8, 4) is 16.8 Å². The second-order valence-corrected chi connectivity index (χ2v) is 6.41. The molecule has 2 heterocycles. The van der Waals surface area contributed by atoms with Crippen molar-refractivity contribution >= 4 is 16.6 Å². The minimum atomic E-state index is -1.68. The number of anilines is 1. The lowest BCUT2D eigenvalue weighted by Gasteiger charge is -2.14. The Hall–Kier alpha value is -3.55. The van der Waals surface area contributed by atoms with Gasteiger partial charge in [0, 0.05) is 23.2 Å². The van der Waals surface area contributed by atoms with Crippen LogP contribution in [0.25, 0.3) is 27.7 Å². The van der Waals surface area contributed by atoms with E-state index in [1.807, 2.05) is 0 Å². The van der Waals surface area contributed by atoms with Gasteiger partial charge in [-0.05, 0) is 37.6 Å². The van der Waals surface area contributed by atoms with E-state index in [4.69, 9.17) is 10.3 Å². The van der Waals surface area contributed by atoms with E-state index < -0.39 is 23.1 Å². The van der Waals surface area contributed by atoms with Crippen LogP contribution in [0.5, 0.6) is 0 Å². The zero-order valence-corrected chi connectivity index (χ0v) is 14.9. The molecule has 5 nitrogen and oxygen atoms in total. The molecule has 0 aliphatic heterocycles. The SMILES string of the molecule is Cc1noc(C)c1-c1ccc2c(=O)ccn(-c3cc(N)c(F)c(F)c3F)c2c1. The number of pyridine rings is 1. The van der Waals surface area contributed by atoms with E-state index in [-0.39, 0.29) is 16.5 Å². The fourth-order valence-corrected chi connectivity index (χ4v) is 3.30. The van der Waals surface area contributed by atoms with Gasteiger partial charge in [-0.15, -0.1) is 0 Å². The Morgan fingerprint density at radius 2 is 1.79 bits per heavy atom. The number of hydrogen-bond donors (Lipinski definition) is 1. The highest BCUT2D eigenvalue weighted by Crippen LogP contribution is 2.31. The molecular formula is C20H14F3N3O2. The number of rotatable bonds is 2. The first-order valence-corrected chi connectivity index (χ1v) is 8.31. The Bertz CT molecular complexity index is 1290. The van der Waals surface area contributed by atoms with Gasteiger partial charge in [-0.1, -0.05) is 11.2 Å². The van der Waals surface area contributed by atoms with Crippen molar-refractivity contribution in [2.75, 3.05) is 5.73 Å². The fraction of sp³-hybridized carbons (Fsp3) is 0.100. The maximum atomic E-state index is 14.5. The summed E-state index contributed by atoms with van der Waals surface area (Å²) in [6.07, 6.45) is 1.29. The minimum Gasteiger partial charge on any atom is -0.396 e. The molecule has 4 aromatic rings. The molecule has 0 saturated carbocycles. The molecule has 28 heavy (non-hydrogen) atoms. The monoisotopic (exact) mass is 385 g/mol. The summed E-state index contributed by atoms with van der Waals surface area (Å²) in [7, 11) is 0. The number of nitrogens with two attached hydrogens (primary N) is 1. The molecule has 4 rings (SSSR count). The smallest absolute Gasteiger partial charge is 0.198 e. The lowest BCUT2D eigenvalue weighted by Crippen LogP contribution is -2.10. The first-order valence-electron chi connectivity index (χ1n) is 8.31. The van der Waals surface area contributed by atoms with Crippen LogP contribution in [0.3, 0.4) is 0 Å². The van der Waals surface area contributed by atoms with Gasteiger partial charge in [-0.25, -0.2) is 13.2 Å². The number of fused-ring (bicyclic) bond motifs is 1. The molecule has 0 atom stereocenters. The van der Waals surface area contributed by atoms with E-state index in [9.17, 15) is 18.0 Å². The number of aryl methyl sites for hydroxylation is 2. The second-order valence-electron chi connectivity index (χ2n) is 6.41. The first kappa shape index (κ1) is 17.8. The molecule has 0 aliphatic rings. The van der Waals surface area contributed by atoms with Crippen LogP contribution in [-0.4, -0.2) is 9.72 Å². The van der Waals surface area contributed by atoms with Crippen molar-refractivity contribution in [2.24, 2.45) is 0 Å². The van der Waals surface area contributed by atoms with Crippen LogP contribution in [0.15, 0.2) is 45.8 Å². The van der Waals surface area contributed by atoms with Crippen LogP contribution in [-0.2, 0) is 0 Å². The molecular weight excluding hydrogens is 371 g/mol. The zero-order chi connectivity index (χ0) is 20.2. The molecule has 0 saturated heterocycles. The highest BCUT2D eigenvalue weighted by molar-refractivity contribution is 5.86. The molecule has 2 N–H and O–H groups in total. The normalized spacial score (nSPS) is 11.3. The Morgan fingerprint density at radius 1 is 1.04 bits per heavy atom. The number of halogens is 3. The van der Waals surface area contributed by atoms with Gasteiger partial charge in [0.2, 0.25) is 0 Å². The van der Waals surface area contributed by atoms with Crippen molar-refractivity contribution < 1.29 is 17.7 Å². The van der Waals surface area contributed by atoms with Crippen molar-refractivity contribution in [2.45, 2.75) is 13.8 Å². The standard InChI is InChI=1S/C20H14F3N3O2/c1-9-17(10(2)28-25-9)11-3-4-12-14(7-11)26(6-5-16(12)27)15-8-13(24)18(21)20(23)19(15)22/h3-8H,24H2,1-2H3. The second kappa shape index (κ2) is 6.26. The zero-order valence-electron chi connectivity index (χ0n) is 14.9. The van der Waals surface area contributed by atoms with Gasteiger partial charge in [-0.3, -0.25) is 4.79 Å². The number of aromatic nitrogens is 2. The van der Waals surface area contributed by atoms with Crippen LogP contribution in [0.1, 0.15) is 11.5 Å². The van der Waals surface area contributed by atoms with Gasteiger partial charge in [0.25, 0.3) is 0 Å². The first-order chi connectivity index (χ1) is 13.3. The predicted octanol–water partition coefficient (Wildman–Crippen LogP) is 4.26. The van der Waals surface area contributed by atoms with Gasteiger partial charge in [0.15, 0.2) is 22.9 Å². The highest BCUT2D eigenvalue weighted by atomic mass is 19.2. The molecule has 0 amide bonds. The number of benzene rings is 2. The van der Waals surface area contributed by atoms with Crippen molar-refractivity contribution in [1.82, 2.24) is 9.72 Å². The quantitative estimate of drug-likeness (QED) is 0.413. The molecule has 0 fully saturated rings. The van der Waals surface area contributed by atoms with Crippen LogP contribution >= 0.6 is 0 Å². The fourth-order valence-electron chi connectivity index (χ4n) is 3.30. The lowest BCUT2D eigenvalue weighted by atomic mass is 10.0. The summed E-state index contributed by atoms with van der Waals surface area (Å²) >= 11 is 0. The van der Waals surface area contributed by atoms with Crippen molar-refractivity contribution in [1.29, 1.82) is 0 Å². The minimum absolute atomic E-state index is 0.278.